The van der Waals surface area contributed by atoms with E-state index in [9.17, 15) is 18.9 Å². The highest BCUT2D eigenvalue weighted by molar-refractivity contribution is 7.92. The summed E-state index contributed by atoms with van der Waals surface area (Å²) in [5, 5.41) is 1.65. The van der Waals surface area contributed by atoms with E-state index in [-0.39, 0.29) is 23.8 Å². The average Bonchev–Trinajstić information content (AvgIpc) is 2.98. The molecule has 0 radical (unpaired) electrons. The smallest absolute Gasteiger partial charge is 0.359 e. The molecular formula is C29H26N2O7S. The van der Waals surface area contributed by atoms with E-state index in [0.29, 0.717) is 5.75 Å². The summed E-state index contributed by atoms with van der Waals surface area (Å²) in [6.07, 6.45) is -0.751. The molecule has 3 aromatic rings. The minimum Gasteiger partial charge on any atom is -0.614 e. The van der Waals surface area contributed by atoms with Crippen LogP contribution in [0.3, 0.4) is 0 Å². The second-order valence-corrected chi connectivity index (χ2v) is 10.4. The summed E-state index contributed by atoms with van der Waals surface area (Å²) < 4.78 is 29.8. The normalized spacial score (nSPS) is 20.1. The van der Waals surface area contributed by atoms with Crippen LogP contribution >= 0.6 is 0 Å². The lowest BCUT2D eigenvalue weighted by molar-refractivity contribution is -0.155. The predicted octanol–water partition coefficient (Wildman–Crippen LogP) is 2.67. The Morgan fingerprint density at radius 1 is 0.974 bits per heavy atom. The summed E-state index contributed by atoms with van der Waals surface area (Å²) >= 11 is -1.63. The average molecular weight is 547 g/mol. The van der Waals surface area contributed by atoms with Crippen molar-refractivity contribution in [2.45, 2.75) is 17.5 Å². The van der Waals surface area contributed by atoms with E-state index in [4.69, 9.17) is 14.2 Å². The standard InChI is InChI=1S/C29H26N2O7S/c1-36-22-18-39(35)28-24(30-23(32)17-37-21-15-9-4-10-16-21)27(33)31(28)25(22)29(34)38-26(19-11-5-2-6-12-19)20-13-7-3-8-14-20/h2-16,24,26,28H,17-18H2,1H3,(H,30,32)/t24-,28-,39?/m1/s1. The summed E-state index contributed by atoms with van der Waals surface area (Å²) in [6.45, 7) is -0.322. The number of nitrogens with zero attached hydrogens (tertiary/aromatic N) is 1. The maximum absolute atomic E-state index is 13.6. The minimum absolute atomic E-state index is 0.0833. The second-order valence-electron chi connectivity index (χ2n) is 8.85. The van der Waals surface area contributed by atoms with Crippen molar-refractivity contribution in [3.05, 3.63) is 114 Å². The first kappa shape index (κ1) is 26.3. The lowest BCUT2D eigenvalue weighted by Gasteiger charge is -2.48. The number of hydrogen-bond acceptors (Lipinski definition) is 7. The molecule has 2 heterocycles. The molecular weight excluding hydrogens is 520 g/mol. The van der Waals surface area contributed by atoms with Crippen LogP contribution in [-0.4, -0.2) is 58.1 Å². The minimum atomic E-state index is -1.63. The van der Waals surface area contributed by atoms with Gasteiger partial charge in [-0.05, 0) is 34.4 Å². The zero-order valence-corrected chi connectivity index (χ0v) is 21.8. The molecule has 39 heavy (non-hydrogen) atoms. The molecule has 3 aromatic carbocycles. The van der Waals surface area contributed by atoms with Crippen LogP contribution in [0, 0.1) is 0 Å². The van der Waals surface area contributed by atoms with Gasteiger partial charge in [-0.15, -0.1) is 0 Å². The molecule has 2 amide bonds. The molecule has 1 saturated heterocycles. The first-order valence-corrected chi connectivity index (χ1v) is 13.6. The van der Waals surface area contributed by atoms with Crippen molar-refractivity contribution in [2.75, 3.05) is 19.5 Å². The van der Waals surface area contributed by atoms with Gasteiger partial charge in [0, 0.05) is 0 Å². The summed E-state index contributed by atoms with van der Waals surface area (Å²) in [5.41, 5.74) is 1.37. The van der Waals surface area contributed by atoms with E-state index in [1.165, 1.54) is 7.11 Å². The Kier molecular flexibility index (Phi) is 7.85. The molecule has 200 valence electrons. The highest BCUT2D eigenvalue weighted by Crippen LogP contribution is 2.38. The summed E-state index contributed by atoms with van der Waals surface area (Å²) in [7, 11) is 1.34. The van der Waals surface area contributed by atoms with E-state index < -0.39 is 46.5 Å². The number of nitrogens with one attached hydrogen (secondary N) is 1. The number of methoxy groups -OCH3 is 1. The van der Waals surface area contributed by atoms with Gasteiger partial charge in [-0.3, -0.25) is 14.5 Å². The molecule has 1 unspecified atom stereocenters. The molecule has 0 saturated carbocycles. The van der Waals surface area contributed by atoms with Gasteiger partial charge in [0.15, 0.2) is 36.0 Å². The molecule has 5 rings (SSSR count). The van der Waals surface area contributed by atoms with Gasteiger partial charge in [-0.25, -0.2) is 4.79 Å². The zero-order valence-electron chi connectivity index (χ0n) is 21.0. The van der Waals surface area contributed by atoms with Crippen LogP contribution in [0.5, 0.6) is 5.75 Å². The molecule has 1 fully saturated rings. The molecule has 1 N–H and O–H groups in total. The SMILES string of the molecule is COC1=C(C(=O)OC(c2ccccc2)c2ccccc2)N2C(=O)[C@@H](NC(=O)COc3ccccc3)[C@H]2[S+]([O-])C1. The molecule has 0 spiro atoms. The third kappa shape index (κ3) is 5.47. The number of hydrogen-bond donors (Lipinski definition) is 1. The number of fused-ring (bicyclic) bond motifs is 1. The fraction of sp³-hybridized carbons (Fsp3) is 0.207. The molecule has 0 bridgehead atoms. The van der Waals surface area contributed by atoms with E-state index in [2.05, 4.69) is 5.32 Å². The molecule has 2 aliphatic rings. The summed E-state index contributed by atoms with van der Waals surface area (Å²) in [4.78, 5) is 40.4. The number of esters is 1. The number of rotatable bonds is 9. The zero-order chi connectivity index (χ0) is 27.4. The van der Waals surface area contributed by atoms with E-state index in [0.717, 1.165) is 16.0 Å². The topological polar surface area (TPSA) is 117 Å². The van der Waals surface area contributed by atoms with Crippen molar-refractivity contribution in [3.8, 4) is 5.75 Å². The summed E-state index contributed by atoms with van der Waals surface area (Å²) in [6, 6.07) is 26.1. The van der Waals surface area contributed by atoms with Gasteiger partial charge in [0.1, 0.15) is 5.75 Å². The predicted molar refractivity (Wildman–Crippen MR) is 142 cm³/mol. The third-order valence-corrected chi connectivity index (χ3v) is 7.96. The third-order valence-electron chi connectivity index (χ3n) is 6.39. The maximum Gasteiger partial charge on any atom is 0.359 e. The van der Waals surface area contributed by atoms with Crippen molar-refractivity contribution in [2.24, 2.45) is 0 Å². The van der Waals surface area contributed by atoms with Crippen LogP contribution in [0.15, 0.2) is 102 Å². The number of para-hydroxylation sites is 1. The Labute approximate surface area is 228 Å². The first-order valence-electron chi connectivity index (χ1n) is 12.2. The Hall–Kier alpha value is -4.28. The Bertz CT molecular complexity index is 1330. The van der Waals surface area contributed by atoms with Crippen molar-refractivity contribution >= 4 is 29.0 Å². The van der Waals surface area contributed by atoms with E-state index in [1.54, 1.807) is 24.3 Å². The van der Waals surface area contributed by atoms with E-state index >= 15 is 0 Å². The Balaban J connectivity index is 1.34. The fourth-order valence-corrected chi connectivity index (χ4v) is 6.13. The fourth-order valence-electron chi connectivity index (χ4n) is 4.52. The van der Waals surface area contributed by atoms with Gasteiger partial charge >= 0.3 is 5.97 Å². The Morgan fingerprint density at radius 3 is 2.10 bits per heavy atom. The van der Waals surface area contributed by atoms with Gasteiger partial charge in [0.05, 0.1) is 7.11 Å². The number of carbonyl (C=O) groups is 3. The van der Waals surface area contributed by atoms with Gasteiger partial charge in [0.25, 0.3) is 11.8 Å². The van der Waals surface area contributed by atoms with Crippen LogP contribution < -0.4 is 10.1 Å². The van der Waals surface area contributed by atoms with Crippen LogP contribution in [-0.2, 0) is 35.0 Å². The van der Waals surface area contributed by atoms with Gasteiger partial charge in [0.2, 0.25) is 5.37 Å². The van der Waals surface area contributed by atoms with Crippen molar-refractivity contribution in [3.63, 3.8) is 0 Å². The molecule has 2 aliphatic heterocycles. The van der Waals surface area contributed by atoms with Crippen molar-refractivity contribution in [1.82, 2.24) is 10.2 Å². The van der Waals surface area contributed by atoms with Gasteiger partial charge in [-0.2, -0.15) is 0 Å². The number of carbonyl (C=O) groups excluding carboxylic acids is 3. The molecule has 0 aromatic heterocycles. The molecule has 3 atom stereocenters. The largest absolute Gasteiger partial charge is 0.614 e. The number of β-lactam (4-membered cyclic amide) rings is 1. The van der Waals surface area contributed by atoms with Crippen molar-refractivity contribution < 1.29 is 33.1 Å². The maximum atomic E-state index is 13.6. The van der Waals surface area contributed by atoms with E-state index in [1.807, 2.05) is 66.7 Å². The molecule has 9 nitrogen and oxygen atoms in total. The van der Waals surface area contributed by atoms with Gasteiger partial charge in [-0.1, -0.05) is 78.9 Å². The van der Waals surface area contributed by atoms with Crippen molar-refractivity contribution in [1.29, 1.82) is 0 Å². The van der Waals surface area contributed by atoms with Gasteiger partial charge < -0.3 is 24.1 Å². The second kappa shape index (κ2) is 11.6. The lowest BCUT2D eigenvalue weighted by atomic mass is 10.0. The monoisotopic (exact) mass is 546 g/mol. The van der Waals surface area contributed by atoms with Crippen LogP contribution in [0.2, 0.25) is 0 Å². The lowest BCUT2D eigenvalue weighted by Crippen LogP contribution is -2.75. The number of benzene rings is 3. The Morgan fingerprint density at radius 2 is 1.54 bits per heavy atom. The first-order chi connectivity index (χ1) is 19.0. The van der Waals surface area contributed by atoms with Crippen LogP contribution in [0.25, 0.3) is 0 Å². The highest BCUT2D eigenvalue weighted by Gasteiger charge is 2.62. The summed E-state index contributed by atoms with van der Waals surface area (Å²) in [5.74, 6) is -1.45. The quantitative estimate of drug-likeness (QED) is 0.249. The molecule has 0 aliphatic carbocycles. The highest BCUT2D eigenvalue weighted by atomic mass is 32.2. The van der Waals surface area contributed by atoms with Crippen LogP contribution in [0.4, 0.5) is 0 Å². The van der Waals surface area contributed by atoms with Crippen LogP contribution in [0.1, 0.15) is 17.2 Å². The number of ether oxygens (including phenoxy) is 3. The molecule has 10 heteroatoms. The number of amides is 2.